The lowest BCUT2D eigenvalue weighted by molar-refractivity contribution is 0.0751. The molecule has 9 nitrogen and oxygen atoms in total. The highest BCUT2D eigenvalue weighted by atomic mass is 32.1. The van der Waals surface area contributed by atoms with Crippen LogP contribution in [0.1, 0.15) is 15.4 Å². The molecule has 0 bridgehead atoms. The van der Waals surface area contributed by atoms with E-state index in [1.807, 2.05) is 58.2 Å². The molecule has 0 aromatic carbocycles. The normalized spacial score (nSPS) is 14.5. The van der Waals surface area contributed by atoms with Crippen molar-refractivity contribution in [1.29, 1.82) is 0 Å². The molecule has 10 heteroatoms. The van der Waals surface area contributed by atoms with E-state index in [2.05, 4.69) is 25.5 Å². The fourth-order valence-electron chi connectivity index (χ4n) is 3.42. The number of aromatic nitrogens is 5. The molecule has 0 saturated carbocycles. The maximum atomic E-state index is 12.6. The standard InChI is InChI=1S/C19H20N8OS/c1-13-12-16(23-22-13)20-17-14-4-2-6-27(14)24-19(21-17)26-9-7-25(8-10-26)18(28)15-5-3-11-29-15/h2-6,11-12H,7-10H2,1H3,(H2,20,21,22,23,24). The SMILES string of the molecule is Cc1cc(Nc2nc(N3CCN(C(=O)c4cccs4)CC3)nn3cccc23)n[nH]1. The predicted octanol–water partition coefficient (Wildman–Crippen LogP) is 2.53. The lowest BCUT2D eigenvalue weighted by atomic mass is 10.3. The van der Waals surface area contributed by atoms with Crippen LogP contribution >= 0.6 is 11.3 Å². The van der Waals surface area contributed by atoms with Crippen LogP contribution in [0, 0.1) is 6.92 Å². The Labute approximate surface area is 171 Å². The van der Waals surface area contributed by atoms with E-state index in [0.717, 1.165) is 16.1 Å². The molecule has 0 unspecified atom stereocenters. The summed E-state index contributed by atoms with van der Waals surface area (Å²) in [6.07, 6.45) is 1.90. The Morgan fingerprint density at radius 1 is 1.21 bits per heavy atom. The van der Waals surface area contributed by atoms with Crippen molar-refractivity contribution < 1.29 is 4.79 Å². The Morgan fingerprint density at radius 2 is 2.07 bits per heavy atom. The molecule has 4 aromatic rings. The van der Waals surface area contributed by atoms with Gasteiger partial charge in [-0.05, 0) is 30.5 Å². The zero-order valence-corrected chi connectivity index (χ0v) is 16.7. The second-order valence-electron chi connectivity index (χ2n) is 6.92. The first kappa shape index (κ1) is 17.7. The number of H-pyrrole nitrogens is 1. The number of aryl methyl sites for hydroxylation is 1. The van der Waals surface area contributed by atoms with E-state index < -0.39 is 0 Å². The third-order valence-electron chi connectivity index (χ3n) is 4.91. The fourth-order valence-corrected chi connectivity index (χ4v) is 4.11. The summed E-state index contributed by atoms with van der Waals surface area (Å²) in [5, 5.41) is 17.0. The first-order chi connectivity index (χ1) is 14.2. The van der Waals surface area contributed by atoms with Crippen molar-refractivity contribution in [2.75, 3.05) is 36.4 Å². The summed E-state index contributed by atoms with van der Waals surface area (Å²) in [5.41, 5.74) is 1.85. The van der Waals surface area contributed by atoms with Crippen molar-refractivity contribution >= 4 is 40.3 Å². The number of nitrogens with zero attached hydrogens (tertiary/aromatic N) is 6. The molecular formula is C19H20N8OS. The largest absolute Gasteiger partial charge is 0.336 e. The smallest absolute Gasteiger partial charge is 0.264 e. The molecule has 1 aliphatic heterocycles. The Hall–Kier alpha value is -3.40. The minimum Gasteiger partial charge on any atom is -0.336 e. The van der Waals surface area contributed by atoms with E-state index in [0.29, 0.717) is 43.8 Å². The van der Waals surface area contributed by atoms with Crippen LogP contribution in [-0.4, -0.2) is 61.8 Å². The van der Waals surface area contributed by atoms with Crippen LogP contribution in [0.3, 0.4) is 0 Å². The molecule has 1 saturated heterocycles. The van der Waals surface area contributed by atoms with Gasteiger partial charge in [-0.25, -0.2) is 4.52 Å². The summed E-state index contributed by atoms with van der Waals surface area (Å²) >= 11 is 1.48. The number of hydrogen-bond acceptors (Lipinski definition) is 7. The highest BCUT2D eigenvalue weighted by Gasteiger charge is 2.25. The van der Waals surface area contributed by atoms with Crippen molar-refractivity contribution in [3.63, 3.8) is 0 Å². The average molecular weight is 408 g/mol. The number of thiophene rings is 1. The molecule has 0 aliphatic carbocycles. The van der Waals surface area contributed by atoms with Crippen LogP contribution in [-0.2, 0) is 0 Å². The van der Waals surface area contributed by atoms with E-state index >= 15 is 0 Å². The first-order valence-corrected chi connectivity index (χ1v) is 10.3. The molecule has 0 spiro atoms. The van der Waals surface area contributed by atoms with Gasteiger partial charge in [0.1, 0.15) is 5.52 Å². The molecule has 2 N–H and O–H groups in total. The van der Waals surface area contributed by atoms with Crippen LogP contribution in [0.25, 0.3) is 5.52 Å². The summed E-state index contributed by atoms with van der Waals surface area (Å²) < 4.78 is 1.81. The predicted molar refractivity (Wildman–Crippen MR) is 112 cm³/mol. The van der Waals surface area contributed by atoms with E-state index in [-0.39, 0.29) is 5.91 Å². The number of anilines is 3. The summed E-state index contributed by atoms with van der Waals surface area (Å²) in [6.45, 7) is 4.61. The number of carbonyl (C=O) groups is 1. The molecule has 5 heterocycles. The zero-order chi connectivity index (χ0) is 19.8. The van der Waals surface area contributed by atoms with Crippen molar-refractivity contribution in [2.24, 2.45) is 0 Å². The quantitative estimate of drug-likeness (QED) is 0.539. The maximum absolute atomic E-state index is 12.6. The van der Waals surface area contributed by atoms with Gasteiger partial charge in [0, 0.05) is 44.1 Å². The molecular weight excluding hydrogens is 388 g/mol. The van der Waals surface area contributed by atoms with E-state index in [1.54, 1.807) is 0 Å². The maximum Gasteiger partial charge on any atom is 0.264 e. The number of hydrogen-bond donors (Lipinski definition) is 2. The third kappa shape index (κ3) is 3.42. The molecule has 1 aliphatic rings. The number of amides is 1. The highest BCUT2D eigenvalue weighted by Crippen LogP contribution is 2.23. The molecule has 148 valence electrons. The lowest BCUT2D eigenvalue weighted by Crippen LogP contribution is -2.49. The Morgan fingerprint density at radius 3 is 2.79 bits per heavy atom. The Balaban J connectivity index is 1.36. The second-order valence-corrected chi connectivity index (χ2v) is 7.86. The molecule has 0 atom stereocenters. The third-order valence-corrected chi connectivity index (χ3v) is 5.77. The Bertz CT molecular complexity index is 1140. The van der Waals surface area contributed by atoms with Gasteiger partial charge in [0.25, 0.3) is 5.91 Å². The zero-order valence-electron chi connectivity index (χ0n) is 15.9. The van der Waals surface area contributed by atoms with Gasteiger partial charge in [-0.2, -0.15) is 10.1 Å². The van der Waals surface area contributed by atoms with Gasteiger partial charge in [0.2, 0.25) is 5.95 Å². The number of nitrogens with one attached hydrogen (secondary N) is 2. The Kier molecular flexibility index (Phi) is 4.39. The number of fused-ring (bicyclic) bond motifs is 1. The van der Waals surface area contributed by atoms with Crippen molar-refractivity contribution in [3.8, 4) is 0 Å². The lowest BCUT2D eigenvalue weighted by Gasteiger charge is -2.34. The summed E-state index contributed by atoms with van der Waals surface area (Å²) in [4.78, 5) is 22.1. The van der Waals surface area contributed by atoms with Gasteiger partial charge in [-0.15, -0.1) is 16.4 Å². The first-order valence-electron chi connectivity index (χ1n) is 9.39. The number of piperazine rings is 1. The van der Waals surface area contributed by atoms with Gasteiger partial charge < -0.3 is 15.1 Å². The second kappa shape index (κ2) is 7.21. The number of aromatic amines is 1. The monoisotopic (exact) mass is 408 g/mol. The molecule has 0 radical (unpaired) electrons. The van der Waals surface area contributed by atoms with Crippen molar-refractivity contribution in [2.45, 2.75) is 6.92 Å². The molecule has 5 rings (SSSR count). The summed E-state index contributed by atoms with van der Waals surface area (Å²) in [5.74, 6) is 2.13. The van der Waals surface area contributed by atoms with Crippen molar-refractivity contribution in [3.05, 3.63) is 52.5 Å². The molecule has 4 aromatic heterocycles. The van der Waals surface area contributed by atoms with Gasteiger partial charge in [-0.1, -0.05) is 6.07 Å². The van der Waals surface area contributed by atoms with Gasteiger partial charge in [-0.3, -0.25) is 9.89 Å². The number of carbonyl (C=O) groups excluding carboxylic acids is 1. The molecule has 29 heavy (non-hydrogen) atoms. The summed E-state index contributed by atoms with van der Waals surface area (Å²) in [7, 11) is 0. The highest BCUT2D eigenvalue weighted by molar-refractivity contribution is 7.12. The number of rotatable bonds is 4. The topological polar surface area (TPSA) is 94.5 Å². The van der Waals surface area contributed by atoms with Crippen LogP contribution in [0.4, 0.5) is 17.6 Å². The van der Waals surface area contributed by atoms with Crippen LogP contribution in [0.15, 0.2) is 41.9 Å². The average Bonchev–Trinajstić information content (AvgIpc) is 3.49. The minimum atomic E-state index is 0.0951. The van der Waals surface area contributed by atoms with Crippen LogP contribution in [0.5, 0.6) is 0 Å². The van der Waals surface area contributed by atoms with Gasteiger partial charge in [0.15, 0.2) is 11.6 Å². The minimum absolute atomic E-state index is 0.0951. The van der Waals surface area contributed by atoms with E-state index in [1.165, 1.54) is 11.3 Å². The van der Waals surface area contributed by atoms with Crippen molar-refractivity contribution in [1.82, 2.24) is 29.7 Å². The molecule has 1 fully saturated rings. The van der Waals surface area contributed by atoms with Crippen LogP contribution in [0.2, 0.25) is 0 Å². The van der Waals surface area contributed by atoms with Gasteiger partial charge in [0.05, 0.1) is 4.88 Å². The summed E-state index contributed by atoms with van der Waals surface area (Å²) in [6, 6.07) is 9.60. The van der Waals surface area contributed by atoms with Gasteiger partial charge >= 0.3 is 0 Å². The fraction of sp³-hybridized carbons (Fsp3) is 0.263. The van der Waals surface area contributed by atoms with E-state index in [9.17, 15) is 4.79 Å². The van der Waals surface area contributed by atoms with Crippen LogP contribution < -0.4 is 10.2 Å². The molecule has 1 amide bonds. The van der Waals surface area contributed by atoms with E-state index in [4.69, 9.17) is 4.98 Å².